The van der Waals surface area contributed by atoms with Gasteiger partial charge in [-0.2, -0.15) is 0 Å². The minimum absolute atomic E-state index is 0.125. The molecule has 5 N–H and O–H groups in total. The van der Waals surface area contributed by atoms with Crippen molar-refractivity contribution in [2.75, 3.05) is 25.5 Å². The molecule has 0 heterocycles. The number of nitrogens with zero attached hydrogens (tertiary/aromatic N) is 1. The van der Waals surface area contributed by atoms with Crippen LogP contribution in [-0.4, -0.2) is 49.0 Å². The monoisotopic (exact) mass is 391 g/mol. The molecule has 0 aliphatic rings. The molecule has 1 aromatic rings. The number of nitrogens with two attached hydrogens (primary N) is 1. The van der Waals surface area contributed by atoms with Crippen molar-refractivity contribution in [3.63, 3.8) is 0 Å². The van der Waals surface area contributed by atoms with E-state index in [0.717, 1.165) is 10.6 Å². The number of methoxy groups -OCH3 is 1. The van der Waals surface area contributed by atoms with Gasteiger partial charge in [-0.1, -0.05) is 32.6 Å². The Bertz CT molecular complexity index is 675. The van der Waals surface area contributed by atoms with Crippen molar-refractivity contribution in [1.29, 1.82) is 0 Å². The second-order valence-corrected chi connectivity index (χ2v) is 6.54. The van der Waals surface area contributed by atoms with E-state index in [1.807, 2.05) is 12.1 Å². The van der Waals surface area contributed by atoms with E-state index < -0.39 is 17.9 Å². The van der Waals surface area contributed by atoms with Crippen LogP contribution in [0.15, 0.2) is 37.0 Å². The summed E-state index contributed by atoms with van der Waals surface area (Å²) in [6.45, 7) is 7.18. The highest BCUT2D eigenvalue weighted by molar-refractivity contribution is 5.96. The van der Waals surface area contributed by atoms with E-state index >= 15 is 0 Å². The lowest BCUT2D eigenvalue weighted by Crippen LogP contribution is -2.53. The summed E-state index contributed by atoms with van der Waals surface area (Å²) in [7, 11) is 1.61. The third-order valence-corrected chi connectivity index (χ3v) is 3.80. The molecule has 9 heteroatoms. The molecule has 28 heavy (non-hydrogen) atoms. The first kappa shape index (κ1) is 23.1. The van der Waals surface area contributed by atoms with E-state index in [1.54, 1.807) is 33.1 Å². The molecule has 0 saturated carbocycles. The Kier molecular flexibility index (Phi) is 9.69. The number of benzene rings is 1. The lowest BCUT2D eigenvalue weighted by atomic mass is 10.0. The Hall–Kier alpha value is -2.91. The first-order valence-corrected chi connectivity index (χ1v) is 8.85. The number of hydrazine groups is 1. The van der Waals surface area contributed by atoms with Crippen LogP contribution in [0.1, 0.15) is 19.4 Å². The van der Waals surface area contributed by atoms with E-state index in [0.29, 0.717) is 12.3 Å². The van der Waals surface area contributed by atoms with Gasteiger partial charge in [-0.25, -0.2) is 5.84 Å². The standard InChI is InChI=1S/C19H29N5O4/c1-5-24(20)11-17(26)23-18(13(2)3)19(27)21-10-16(25)22-15-8-6-14(7-9-15)12-28-4/h5-9,13,18H,1,10-12,20H2,2-4H3,(H,21,27)(H,22,25)(H,23,26). The Balaban J connectivity index is 2.53. The van der Waals surface area contributed by atoms with Crippen molar-refractivity contribution in [2.24, 2.45) is 11.8 Å². The summed E-state index contributed by atoms with van der Waals surface area (Å²) in [5.41, 5.74) is 1.59. The third kappa shape index (κ3) is 8.19. The molecule has 0 radical (unpaired) electrons. The normalized spacial score (nSPS) is 11.5. The fourth-order valence-corrected chi connectivity index (χ4v) is 2.32. The molecule has 0 aromatic heterocycles. The van der Waals surface area contributed by atoms with E-state index in [2.05, 4.69) is 22.5 Å². The lowest BCUT2D eigenvalue weighted by molar-refractivity contribution is -0.131. The predicted octanol–water partition coefficient (Wildman–Crippen LogP) is 0.348. The van der Waals surface area contributed by atoms with Gasteiger partial charge in [0, 0.05) is 19.0 Å². The Morgan fingerprint density at radius 1 is 1.21 bits per heavy atom. The van der Waals surface area contributed by atoms with Crippen LogP contribution >= 0.6 is 0 Å². The topological polar surface area (TPSA) is 126 Å². The molecule has 0 saturated heterocycles. The van der Waals surface area contributed by atoms with Gasteiger partial charge in [0.15, 0.2) is 0 Å². The van der Waals surface area contributed by atoms with Crippen LogP contribution in [0.2, 0.25) is 0 Å². The molecular formula is C19H29N5O4. The van der Waals surface area contributed by atoms with Crippen LogP contribution in [0.25, 0.3) is 0 Å². The molecule has 0 spiro atoms. The number of carbonyl (C=O) groups is 3. The Labute approximate surface area is 165 Å². The summed E-state index contributed by atoms with van der Waals surface area (Å²) in [5.74, 6) is 4.08. The highest BCUT2D eigenvalue weighted by Gasteiger charge is 2.24. The maximum atomic E-state index is 12.4. The van der Waals surface area contributed by atoms with E-state index in [4.69, 9.17) is 10.6 Å². The van der Waals surface area contributed by atoms with Crippen molar-refractivity contribution in [1.82, 2.24) is 15.6 Å². The zero-order chi connectivity index (χ0) is 21.1. The second kappa shape index (κ2) is 11.7. The highest BCUT2D eigenvalue weighted by atomic mass is 16.5. The molecular weight excluding hydrogens is 362 g/mol. The molecule has 1 aromatic carbocycles. The molecule has 1 rings (SSSR count). The minimum atomic E-state index is -0.785. The molecule has 3 amide bonds. The molecule has 1 atom stereocenters. The van der Waals surface area contributed by atoms with Gasteiger partial charge in [-0.3, -0.25) is 14.4 Å². The number of nitrogens with one attached hydrogen (secondary N) is 3. The van der Waals surface area contributed by atoms with Gasteiger partial charge in [0.05, 0.1) is 13.2 Å². The number of hydrogen-bond donors (Lipinski definition) is 4. The van der Waals surface area contributed by atoms with Crippen LogP contribution in [0.5, 0.6) is 0 Å². The van der Waals surface area contributed by atoms with Crippen LogP contribution in [0.4, 0.5) is 5.69 Å². The summed E-state index contributed by atoms with van der Waals surface area (Å²) in [4.78, 5) is 36.4. The van der Waals surface area contributed by atoms with Crippen molar-refractivity contribution < 1.29 is 19.1 Å². The summed E-state index contributed by atoms with van der Waals surface area (Å²) in [5, 5.41) is 8.95. The second-order valence-electron chi connectivity index (χ2n) is 6.54. The number of ether oxygens (including phenoxy) is 1. The molecule has 0 fully saturated rings. The molecule has 1 unspecified atom stereocenters. The summed E-state index contributed by atoms with van der Waals surface area (Å²) in [6, 6.07) is 6.40. The Morgan fingerprint density at radius 2 is 1.86 bits per heavy atom. The number of anilines is 1. The maximum Gasteiger partial charge on any atom is 0.243 e. The predicted molar refractivity (Wildman–Crippen MR) is 107 cm³/mol. The van der Waals surface area contributed by atoms with Gasteiger partial charge in [-0.05, 0) is 23.6 Å². The average Bonchev–Trinajstić information content (AvgIpc) is 2.65. The first-order valence-electron chi connectivity index (χ1n) is 8.85. The zero-order valence-electron chi connectivity index (χ0n) is 16.5. The fourth-order valence-electron chi connectivity index (χ4n) is 2.32. The highest BCUT2D eigenvalue weighted by Crippen LogP contribution is 2.10. The van der Waals surface area contributed by atoms with Crippen LogP contribution in [-0.2, 0) is 25.7 Å². The van der Waals surface area contributed by atoms with Crippen molar-refractivity contribution in [3.8, 4) is 0 Å². The summed E-state index contributed by atoms with van der Waals surface area (Å²) in [6.07, 6.45) is 1.30. The lowest BCUT2D eigenvalue weighted by Gasteiger charge is -2.22. The molecule has 0 bridgehead atoms. The number of hydrogen-bond acceptors (Lipinski definition) is 6. The van der Waals surface area contributed by atoms with Crippen molar-refractivity contribution >= 4 is 23.4 Å². The molecule has 154 valence electrons. The van der Waals surface area contributed by atoms with Gasteiger partial charge >= 0.3 is 0 Å². The molecule has 9 nitrogen and oxygen atoms in total. The van der Waals surface area contributed by atoms with E-state index in [9.17, 15) is 14.4 Å². The molecule has 0 aliphatic heterocycles. The van der Waals surface area contributed by atoms with Crippen LogP contribution in [0, 0.1) is 5.92 Å². The zero-order valence-corrected chi connectivity index (χ0v) is 16.5. The number of carbonyl (C=O) groups excluding carboxylic acids is 3. The summed E-state index contributed by atoms with van der Waals surface area (Å²) >= 11 is 0. The maximum absolute atomic E-state index is 12.4. The summed E-state index contributed by atoms with van der Waals surface area (Å²) < 4.78 is 5.03. The van der Waals surface area contributed by atoms with Gasteiger partial charge in [-0.15, -0.1) is 0 Å². The van der Waals surface area contributed by atoms with E-state index in [-0.39, 0.29) is 24.9 Å². The average molecular weight is 391 g/mol. The van der Waals surface area contributed by atoms with Gasteiger partial charge in [0.2, 0.25) is 17.7 Å². The number of amides is 3. The van der Waals surface area contributed by atoms with Crippen LogP contribution in [0.3, 0.4) is 0 Å². The van der Waals surface area contributed by atoms with Crippen LogP contribution < -0.4 is 21.8 Å². The smallest absolute Gasteiger partial charge is 0.243 e. The van der Waals surface area contributed by atoms with E-state index in [1.165, 1.54) is 6.20 Å². The van der Waals surface area contributed by atoms with Gasteiger partial charge in [0.25, 0.3) is 0 Å². The van der Waals surface area contributed by atoms with Gasteiger partial charge in [0.1, 0.15) is 12.6 Å². The SMILES string of the molecule is C=CN(N)CC(=O)NC(C(=O)NCC(=O)Nc1ccc(COC)cc1)C(C)C. The Morgan fingerprint density at radius 3 is 2.39 bits per heavy atom. The van der Waals surface area contributed by atoms with Crippen molar-refractivity contribution in [2.45, 2.75) is 26.5 Å². The number of rotatable bonds is 11. The quantitative estimate of drug-likeness (QED) is 0.319. The largest absolute Gasteiger partial charge is 0.380 e. The fraction of sp³-hybridized carbons (Fsp3) is 0.421. The minimum Gasteiger partial charge on any atom is -0.380 e. The third-order valence-electron chi connectivity index (χ3n) is 3.80. The van der Waals surface area contributed by atoms with Gasteiger partial charge < -0.3 is 25.7 Å². The van der Waals surface area contributed by atoms with Crippen molar-refractivity contribution in [3.05, 3.63) is 42.6 Å². The molecule has 0 aliphatic carbocycles. The first-order chi connectivity index (χ1) is 13.3.